The third kappa shape index (κ3) is 5.20. The third-order valence-corrected chi connectivity index (χ3v) is 6.01. The monoisotopic (exact) mass is 446 g/mol. The standard InChI is InChI=1S/C21H23ClN4O3S/c1-3-20(26(30(2,28)29)19-6-4-5-17(22)13-19)21(27)24-14-16-7-9-18(10-8-16)25-12-11-23-15-25/h4-13,15,20H,3,14H2,1-2H3,(H,24,27). The summed E-state index contributed by atoms with van der Waals surface area (Å²) in [4.78, 5) is 16.9. The Morgan fingerprint density at radius 3 is 2.53 bits per heavy atom. The Hall–Kier alpha value is -2.84. The second-order valence-corrected chi connectivity index (χ2v) is 9.11. The van der Waals surface area contributed by atoms with Crippen molar-refractivity contribution in [2.24, 2.45) is 0 Å². The van der Waals surface area contributed by atoms with E-state index in [0.717, 1.165) is 21.8 Å². The average molecular weight is 447 g/mol. The summed E-state index contributed by atoms with van der Waals surface area (Å²) in [5.74, 6) is -0.374. The van der Waals surface area contributed by atoms with E-state index in [1.807, 2.05) is 35.0 Å². The van der Waals surface area contributed by atoms with Gasteiger partial charge in [0.1, 0.15) is 6.04 Å². The molecule has 0 radical (unpaired) electrons. The van der Waals surface area contributed by atoms with Crippen molar-refractivity contribution in [2.75, 3.05) is 10.6 Å². The van der Waals surface area contributed by atoms with E-state index in [1.165, 1.54) is 6.07 Å². The molecule has 3 aromatic rings. The number of anilines is 1. The number of carbonyl (C=O) groups is 1. The molecular formula is C21H23ClN4O3S. The van der Waals surface area contributed by atoms with Gasteiger partial charge in [-0.15, -0.1) is 0 Å². The van der Waals surface area contributed by atoms with Crippen molar-refractivity contribution in [2.45, 2.75) is 25.9 Å². The molecule has 0 saturated carbocycles. The summed E-state index contributed by atoms with van der Waals surface area (Å²) in [7, 11) is -3.70. The van der Waals surface area contributed by atoms with Crippen LogP contribution in [0.1, 0.15) is 18.9 Å². The van der Waals surface area contributed by atoms with Crippen molar-refractivity contribution in [1.82, 2.24) is 14.9 Å². The largest absolute Gasteiger partial charge is 0.350 e. The zero-order chi connectivity index (χ0) is 21.7. The van der Waals surface area contributed by atoms with Crippen LogP contribution in [0, 0.1) is 0 Å². The predicted molar refractivity (Wildman–Crippen MR) is 118 cm³/mol. The number of hydrogen-bond acceptors (Lipinski definition) is 4. The topological polar surface area (TPSA) is 84.3 Å². The summed E-state index contributed by atoms with van der Waals surface area (Å²) in [6, 6.07) is 13.2. The summed E-state index contributed by atoms with van der Waals surface area (Å²) < 4.78 is 27.9. The number of rotatable bonds is 8. The zero-order valence-corrected chi connectivity index (χ0v) is 18.3. The van der Waals surface area contributed by atoms with Gasteiger partial charge in [0, 0.05) is 29.6 Å². The fourth-order valence-corrected chi connectivity index (χ4v) is 4.57. The number of hydrogen-bond donors (Lipinski definition) is 1. The van der Waals surface area contributed by atoms with Gasteiger partial charge in [-0.05, 0) is 42.3 Å². The molecule has 0 bridgehead atoms. The second-order valence-electron chi connectivity index (χ2n) is 6.82. The van der Waals surface area contributed by atoms with Crippen molar-refractivity contribution in [3.63, 3.8) is 0 Å². The number of nitrogens with one attached hydrogen (secondary N) is 1. The van der Waals surface area contributed by atoms with Crippen LogP contribution < -0.4 is 9.62 Å². The highest BCUT2D eigenvalue weighted by Crippen LogP contribution is 2.25. The Labute approximate surface area is 181 Å². The number of sulfonamides is 1. The number of amides is 1. The molecule has 0 aliphatic heterocycles. The molecule has 0 aliphatic rings. The SMILES string of the molecule is CCC(C(=O)NCc1ccc(-n2ccnc2)cc1)N(c1cccc(Cl)c1)S(C)(=O)=O. The van der Waals surface area contributed by atoms with E-state index in [0.29, 0.717) is 17.1 Å². The summed E-state index contributed by atoms with van der Waals surface area (Å²) >= 11 is 6.03. The molecule has 3 rings (SSSR count). The maximum absolute atomic E-state index is 12.9. The third-order valence-electron chi connectivity index (χ3n) is 4.60. The Kier molecular flexibility index (Phi) is 6.79. The summed E-state index contributed by atoms with van der Waals surface area (Å²) in [6.45, 7) is 2.06. The molecular weight excluding hydrogens is 424 g/mol. The van der Waals surface area contributed by atoms with Crippen LogP contribution in [-0.2, 0) is 21.4 Å². The van der Waals surface area contributed by atoms with Crippen molar-refractivity contribution in [1.29, 1.82) is 0 Å². The van der Waals surface area contributed by atoms with Gasteiger partial charge in [0.05, 0.1) is 18.3 Å². The van der Waals surface area contributed by atoms with Crippen molar-refractivity contribution < 1.29 is 13.2 Å². The van der Waals surface area contributed by atoms with Crippen molar-refractivity contribution in [3.8, 4) is 5.69 Å². The van der Waals surface area contributed by atoms with E-state index >= 15 is 0 Å². The van der Waals surface area contributed by atoms with Crippen molar-refractivity contribution >= 4 is 33.2 Å². The fourth-order valence-electron chi connectivity index (χ4n) is 3.18. The van der Waals surface area contributed by atoms with Crippen LogP contribution in [0.2, 0.25) is 5.02 Å². The van der Waals surface area contributed by atoms with Crippen LogP contribution in [0.25, 0.3) is 5.69 Å². The lowest BCUT2D eigenvalue weighted by molar-refractivity contribution is -0.122. The number of imidazole rings is 1. The lowest BCUT2D eigenvalue weighted by atomic mass is 10.1. The Balaban J connectivity index is 1.74. The number of benzene rings is 2. The molecule has 7 nitrogen and oxygen atoms in total. The van der Waals surface area contributed by atoms with Gasteiger partial charge in [-0.1, -0.05) is 36.7 Å². The van der Waals surface area contributed by atoms with Crippen LogP contribution in [-0.4, -0.2) is 36.2 Å². The van der Waals surface area contributed by atoms with E-state index in [2.05, 4.69) is 10.3 Å². The van der Waals surface area contributed by atoms with Gasteiger partial charge in [0.2, 0.25) is 15.9 Å². The first-order valence-corrected chi connectivity index (χ1v) is 11.6. The maximum atomic E-state index is 12.9. The average Bonchev–Trinajstić information content (AvgIpc) is 3.24. The lowest BCUT2D eigenvalue weighted by Crippen LogP contribution is -2.49. The summed E-state index contributed by atoms with van der Waals surface area (Å²) in [6.07, 6.45) is 6.65. The Morgan fingerprint density at radius 1 is 1.23 bits per heavy atom. The number of nitrogens with zero attached hydrogens (tertiary/aromatic N) is 3. The fraction of sp³-hybridized carbons (Fsp3) is 0.238. The van der Waals surface area contributed by atoms with Gasteiger partial charge < -0.3 is 9.88 Å². The molecule has 1 N–H and O–H groups in total. The smallest absolute Gasteiger partial charge is 0.244 e. The van der Waals surface area contributed by atoms with Crippen LogP contribution in [0.3, 0.4) is 0 Å². The molecule has 0 aliphatic carbocycles. The van der Waals surface area contributed by atoms with Crippen LogP contribution in [0.15, 0.2) is 67.3 Å². The molecule has 9 heteroatoms. The second kappa shape index (κ2) is 9.32. The van der Waals surface area contributed by atoms with Gasteiger partial charge in [-0.2, -0.15) is 0 Å². The highest BCUT2D eigenvalue weighted by Gasteiger charge is 2.31. The molecule has 1 aromatic heterocycles. The molecule has 1 heterocycles. The van der Waals surface area contributed by atoms with E-state index in [4.69, 9.17) is 11.6 Å². The van der Waals surface area contributed by atoms with Gasteiger partial charge in [-0.25, -0.2) is 13.4 Å². The predicted octanol–water partition coefficient (Wildman–Crippen LogP) is 3.39. The van der Waals surface area contributed by atoms with Crippen LogP contribution in [0.5, 0.6) is 0 Å². The minimum atomic E-state index is -3.70. The molecule has 1 amide bonds. The Morgan fingerprint density at radius 2 is 1.97 bits per heavy atom. The molecule has 1 atom stereocenters. The minimum absolute atomic E-state index is 0.284. The van der Waals surface area contributed by atoms with Gasteiger partial charge in [0.15, 0.2) is 0 Å². The molecule has 2 aromatic carbocycles. The lowest BCUT2D eigenvalue weighted by Gasteiger charge is -2.30. The molecule has 0 spiro atoms. The molecule has 1 unspecified atom stereocenters. The highest BCUT2D eigenvalue weighted by atomic mass is 35.5. The summed E-state index contributed by atoms with van der Waals surface area (Å²) in [5.41, 5.74) is 2.21. The summed E-state index contributed by atoms with van der Waals surface area (Å²) in [5, 5.41) is 3.24. The molecule has 158 valence electrons. The maximum Gasteiger partial charge on any atom is 0.244 e. The first-order valence-electron chi connectivity index (χ1n) is 9.39. The normalized spacial score (nSPS) is 12.4. The first kappa shape index (κ1) is 21.9. The van der Waals surface area contributed by atoms with Gasteiger partial charge >= 0.3 is 0 Å². The zero-order valence-electron chi connectivity index (χ0n) is 16.7. The first-order chi connectivity index (χ1) is 14.3. The molecule has 0 saturated heterocycles. The van der Waals surface area contributed by atoms with Gasteiger partial charge in [0.25, 0.3) is 0 Å². The van der Waals surface area contributed by atoms with E-state index in [1.54, 1.807) is 37.6 Å². The number of halogens is 1. The van der Waals surface area contributed by atoms with Crippen LogP contribution >= 0.6 is 11.6 Å². The quantitative estimate of drug-likeness (QED) is 0.574. The number of carbonyl (C=O) groups excluding carboxylic acids is 1. The minimum Gasteiger partial charge on any atom is -0.350 e. The van der Waals surface area contributed by atoms with Crippen molar-refractivity contribution in [3.05, 3.63) is 77.8 Å². The van der Waals surface area contributed by atoms with E-state index < -0.39 is 16.1 Å². The molecule has 30 heavy (non-hydrogen) atoms. The molecule has 0 fully saturated rings. The van der Waals surface area contributed by atoms with Crippen LogP contribution in [0.4, 0.5) is 5.69 Å². The van der Waals surface area contributed by atoms with Gasteiger partial charge in [-0.3, -0.25) is 9.10 Å². The van der Waals surface area contributed by atoms with E-state index in [-0.39, 0.29) is 12.5 Å². The Bertz CT molecular complexity index is 1100. The number of aromatic nitrogens is 2. The van der Waals surface area contributed by atoms with E-state index in [9.17, 15) is 13.2 Å². The highest BCUT2D eigenvalue weighted by molar-refractivity contribution is 7.92.